The van der Waals surface area contributed by atoms with Gasteiger partial charge in [-0.3, -0.25) is 9.59 Å². The number of ether oxygens (including phenoxy) is 1. The SMILES string of the molecule is O=C(Nc1ccc(OC(F)(F)Cl)cc1)c1ccc(N2CC(O)C2)c(-c2cc3c([nH]2)C(=O)NC3)c1. The van der Waals surface area contributed by atoms with Crippen molar-refractivity contribution < 1.29 is 28.2 Å². The lowest BCUT2D eigenvalue weighted by Crippen LogP contribution is -2.51. The van der Waals surface area contributed by atoms with Crippen LogP contribution in [0.4, 0.5) is 20.2 Å². The Bertz CT molecular complexity index is 1270. The van der Waals surface area contributed by atoms with E-state index in [9.17, 15) is 23.5 Å². The van der Waals surface area contributed by atoms with E-state index in [2.05, 4.69) is 20.4 Å². The fraction of sp³-hybridized carbons (Fsp3) is 0.217. The van der Waals surface area contributed by atoms with Crippen molar-refractivity contribution in [2.24, 2.45) is 0 Å². The van der Waals surface area contributed by atoms with Crippen LogP contribution >= 0.6 is 11.6 Å². The first kappa shape index (κ1) is 22.2. The van der Waals surface area contributed by atoms with E-state index < -0.39 is 17.6 Å². The molecule has 0 atom stereocenters. The molecule has 2 aromatic carbocycles. The van der Waals surface area contributed by atoms with E-state index in [1.165, 1.54) is 24.3 Å². The number of aliphatic hydroxyl groups excluding tert-OH is 1. The van der Waals surface area contributed by atoms with Crippen LogP contribution in [0.1, 0.15) is 26.4 Å². The molecule has 34 heavy (non-hydrogen) atoms. The summed E-state index contributed by atoms with van der Waals surface area (Å²) in [6, 6.07) is 12.4. The second-order valence-electron chi connectivity index (χ2n) is 8.08. The van der Waals surface area contributed by atoms with Crippen molar-refractivity contribution in [2.45, 2.75) is 18.2 Å². The molecule has 0 radical (unpaired) electrons. The normalized spacial score (nSPS) is 15.5. The Balaban J connectivity index is 1.41. The molecule has 0 saturated carbocycles. The smallest absolute Gasteiger partial charge is 0.420 e. The van der Waals surface area contributed by atoms with Gasteiger partial charge in [-0.05, 0) is 48.5 Å². The Morgan fingerprint density at radius 3 is 2.56 bits per heavy atom. The van der Waals surface area contributed by atoms with Gasteiger partial charge in [-0.2, -0.15) is 0 Å². The summed E-state index contributed by atoms with van der Waals surface area (Å²) >= 11 is 4.76. The number of hydrogen-bond acceptors (Lipinski definition) is 5. The molecule has 2 aliphatic heterocycles. The lowest BCUT2D eigenvalue weighted by atomic mass is 10.0. The van der Waals surface area contributed by atoms with Crippen LogP contribution in [0, 0.1) is 0 Å². The van der Waals surface area contributed by atoms with E-state index in [4.69, 9.17) is 11.6 Å². The molecule has 1 aromatic heterocycles. The van der Waals surface area contributed by atoms with E-state index in [0.717, 1.165) is 16.8 Å². The van der Waals surface area contributed by atoms with Gasteiger partial charge in [-0.15, -0.1) is 8.78 Å². The summed E-state index contributed by atoms with van der Waals surface area (Å²) in [6.45, 7) is 1.36. The molecule has 1 saturated heterocycles. The molecule has 8 nitrogen and oxygen atoms in total. The van der Waals surface area contributed by atoms with E-state index >= 15 is 0 Å². The summed E-state index contributed by atoms with van der Waals surface area (Å²) in [4.78, 5) is 30.0. The Morgan fingerprint density at radius 1 is 1.18 bits per heavy atom. The van der Waals surface area contributed by atoms with E-state index in [0.29, 0.717) is 42.3 Å². The van der Waals surface area contributed by atoms with Crippen LogP contribution in [0.25, 0.3) is 11.3 Å². The fourth-order valence-electron chi connectivity index (χ4n) is 4.01. The first-order valence-electron chi connectivity index (χ1n) is 10.4. The topological polar surface area (TPSA) is 107 Å². The predicted molar refractivity (Wildman–Crippen MR) is 121 cm³/mol. The molecule has 3 heterocycles. The number of hydrogen-bond donors (Lipinski definition) is 4. The van der Waals surface area contributed by atoms with Gasteiger partial charge in [0.05, 0.1) is 6.10 Å². The number of aromatic nitrogens is 1. The molecule has 3 aromatic rings. The standard InChI is InChI=1S/C23H19ClF2N4O4/c24-23(25,26)34-16-4-2-14(3-5-16)28-21(32)12-1-6-19(30-10-15(31)11-30)17(7-12)18-8-13-9-27-22(33)20(13)29-18/h1-8,15,29,31H,9-11H2,(H,27,33)(H,28,32). The van der Waals surface area contributed by atoms with Crippen molar-refractivity contribution in [3.8, 4) is 17.0 Å². The zero-order valence-corrected chi connectivity index (χ0v) is 18.3. The maximum atomic E-state index is 12.9. The fourth-order valence-corrected chi connectivity index (χ4v) is 4.10. The molecule has 2 aliphatic rings. The number of carbonyl (C=O) groups is 2. The molecule has 2 amide bonds. The van der Waals surface area contributed by atoms with Crippen LogP contribution in [0.3, 0.4) is 0 Å². The van der Waals surface area contributed by atoms with Crippen molar-refractivity contribution >= 4 is 34.8 Å². The molecule has 0 unspecified atom stereocenters. The van der Waals surface area contributed by atoms with Gasteiger partial charge in [-0.25, -0.2) is 0 Å². The largest absolute Gasteiger partial charge is 0.487 e. The summed E-state index contributed by atoms with van der Waals surface area (Å²) in [5, 5.41) is 15.2. The quantitative estimate of drug-likeness (QED) is 0.397. The number of nitrogens with zero attached hydrogens (tertiary/aromatic N) is 1. The van der Waals surface area contributed by atoms with Gasteiger partial charge >= 0.3 is 5.57 Å². The molecule has 5 rings (SSSR count). The summed E-state index contributed by atoms with van der Waals surface area (Å²) in [5.74, 6) is -0.745. The first-order valence-corrected chi connectivity index (χ1v) is 10.8. The lowest BCUT2D eigenvalue weighted by Gasteiger charge is -2.39. The number of halogens is 3. The highest BCUT2D eigenvalue weighted by Crippen LogP contribution is 2.36. The second kappa shape index (κ2) is 8.30. The zero-order chi connectivity index (χ0) is 24.0. The number of aliphatic hydroxyl groups is 1. The number of nitrogens with one attached hydrogen (secondary N) is 3. The molecule has 4 N–H and O–H groups in total. The Hall–Kier alpha value is -3.63. The zero-order valence-electron chi connectivity index (χ0n) is 17.6. The average Bonchev–Trinajstić information content (AvgIpc) is 3.33. The number of H-pyrrole nitrogens is 1. The highest BCUT2D eigenvalue weighted by Gasteiger charge is 2.29. The Labute approximate surface area is 197 Å². The third kappa shape index (κ3) is 4.42. The highest BCUT2D eigenvalue weighted by atomic mass is 35.5. The van der Waals surface area contributed by atoms with E-state index in [-0.39, 0.29) is 11.7 Å². The van der Waals surface area contributed by atoms with Gasteiger partial charge in [-0.1, -0.05) is 0 Å². The molecule has 0 bridgehead atoms. The number of carbonyl (C=O) groups excluding carboxylic acids is 2. The molecule has 176 valence electrons. The van der Waals surface area contributed by atoms with Crippen LogP contribution in [0.5, 0.6) is 5.75 Å². The van der Waals surface area contributed by atoms with Gasteiger partial charge in [0, 0.05) is 65.0 Å². The number of amides is 2. The molecule has 0 aliphatic carbocycles. The van der Waals surface area contributed by atoms with Crippen LogP contribution in [0.2, 0.25) is 0 Å². The minimum atomic E-state index is -3.83. The molecule has 1 fully saturated rings. The van der Waals surface area contributed by atoms with Gasteiger partial charge in [0.1, 0.15) is 11.4 Å². The Morgan fingerprint density at radius 2 is 1.91 bits per heavy atom. The number of anilines is 2. The number of rotatable bonds is 6. The van der Waals surface area contributed by atoms with E-state index in [1.807, 2.05) is 11.0 Å². The van der Waals surface area contributed by atoms with Crippen LogP contribution in [-0.2, 0) is 6.54 Å². The van der Waals surface area contributed by atoms with Crippen molar-refractivity contribution in [2.75, 3.05) is 23.3 Å². The van der Waals surface area contributed by atoms with Gasteiger partial charge < -0.3 is 30.4 Å². The van der Waals surface area contributed by atoms with Crippen LogP contribution < -0.4 is 20.3 Å². The monoisotopic (exact) mass is 488 g/mol. The summed E-state index contributed by atoms with van der Waals surface area (Å²) in [6.07, 6.45) is -0.416. The van der Waals surface area contributed by atoms with Gasteiger partial charge in [0.2, 0.25) is 0 Å². The van der Waals surface area contributed by atoms with Crippen LogP contribution in [0.15, 0.2) is 48.5 Å². The van der Waals surface area contributed by atoms with Crippen molar-refractivity contribution in [3.63, 3.8) is 0 Å². The molecule has 0 spiro atoms. The molecule has 11 heteroatoms. The molecular weight excluding hydrogens is 470 g/mol. The number of β-amino-alcohol motifs (C(OH)–C–C–N with tert-alkyl or cyclic N) is 1. The average molecular weight is 489 g/mol. The number of alkyl halides is 3. The minimum Gasteiger partial charge on any atom is -0.420 e. The van der Waals surface area contributed by atoms with Crippen molar-refractivity contribution in [1.29, 1.82) is 0 Å². The predicted octanol–water partition coefficient (Wildman–Crippen LogP) is 3.53. The summed E-state index contributed by atoms with van der Waals surface area (Å²) in [5.41, 5.74) is 0.469. The van der Waals surface area contributed by atoms with E-state index in [1.54, 1.807) is 18.2 Å². The van der Waals surface area contributed by atoms with Crippen LogP contribution in [-0.4, -0.2) is 46.7 Å². The number of benzene rings is 2. The van der Waals surface area contributed by atoms with Crippen molar-refractivity contribution in [1.82, 2.24) is 10.3 Å². The van der Waals surface area contributed by atoms with Crippen molar-refractivity contribution in [3.05, 3.63) is 65.4 Å². The maximum Gasteiger partial charge on any atom is 0.487 e. The third-order valence-corrected chi connectivity index (χ3v) is 5.74. The number of aromatic amines is 1. The first-order chi connectivity index (χ1) is 16.2. The van der Waals surface area contributed by atoms with Gasteiger partial charge in [0.15, 0.2) is 0 Å². The maximum absolute atomic E-state index is 12.9. The second-order valence-corrected chi connectivity index (χ2v) is 8.52. The minimum absolute atomic E-state index is 0.148. The van der Waals surface area contributed by atoms with Gasteiger partial charge in [0.25, 0.3) is 11.8 Å². The summed E-state index contributed by atoms with van der Waals surface area (Å²) in [7, 11) is 0. The third-order valence-electron chi connectivity index (χ3n) is 5.66. The summed E-state index contributed by atoms with van der Waals surface area (Å²) < 4.78 is 29.8. The number of fused-ring (bicyclic) bond motifs is 1. The lowest BCUT2D eigenvalue weighted by molar-refractivity contribution is -0.0964. The molecular formula is C23H19ClF2N4O4. The highest BCUT2D eigenvalue weighted by molar-refractivity contribution is 6.20. The Kier molecular flexibility index (Phi) is 5.41.